The van der Waals surface area contributed by atoms with Crippen molar-refractivity contribution in [3.05, 3.63) is 0 Å². The summed E-state index contributed by atoms with van der Waals surface area (Å²) >= 11 is 0. The summed E-state index contributed by atoms with van der Waals surface area (Å²) in [6, 6.07) is 0. The Kier molecular flexibility index (Phi) is 2.72. The first kappa shape index (κ1) is 12.4. The summed E-state index contributed by atoms with van der Waals surface area (Å²) in [6.07, 6.45) is 5.60. The highest BCUT2D eigenvalue weighted by atomic mass is 16.5. The first-order valence-electron chi connectivity index (χ1n) is 7.16. The van der Waals surface area contributed by atoms with Crippen molar-refractivity contribution in [3.8, 4) is 0 Å². The minimum absolute atomic E-state index is 0.0646. The zero-order chi connectivity index (χ0) is 13.0. The van der Waals surface area contributed by atoms with Crippen molar-refractivity contribution in [3.63, 3.8) is 0 Å². The van der Waals surface area contributed by atoms with E-state index < -0.39 is 0 Å². The topological polar surface area (TPSA) is 41.6 Å². The lowest BCUT2D eigenvalue weighted by Gasteiger charge is -2.44. The fraction of sp³-hybridized carbons (Fsp3) is 0.929. The molecule has 3 fully saturated rings. The Morgan fingerprint density at radius 2 is 2.06 bits per heavy atom. The Morgan fingerprint density at radius 1 is 1.39 bits per heavy atom. The lowest BCUT2D eigenvalue weighted by molar-refractivity contribution is -0.141. The number of carbonyl (C=O) groups excluding carboxylic acids is 1. The molecule has 1 heterocycles. The third-order valence-corrected chi connectivity index (χ3v) is 4.97. The Labute approximate surface area is 109 Å². The summed E-state index contributed by atoms with van der Waals surface area (Å²) < 4.78 is 5.68. The quantitative estimate of drug-likeness (QED) is 0.824. The van der Waals surface area contributed by atoms with E-state index in [1.54, 1.807) is 7.11 Å². The molecular formula is C14H24N2O2. The molecule has 3 aliphatic rings. The highest BCUT2D eigenvalue weighted by Gasteiger charge is 2.60. The number of hydrogen-bond acceptors (Lipinski definition) is 3. The Morgan fingerprint density at radius 3 is 2.44 bits per heavy atom. The van der Waals surface area contributed by atoms with Crippen LogP contribution in [0.4, 0.5) is 0 Å². The Bertz CT molecular complexity index is 353. The van der Waals surface area contributed by atoms with Gasteiger partial charge >= 0.3 is 0 Å². The Hall–Kier alpha value is -0.610. The van der Waals surface area contributed by atoms with Crippen LogP contribution >= 0.6 is 0 Å². The summed E-state index contributed by atoms with van der Waals surface area (Å²) in [5.41, 5.74) is -0.265. The number of carbonyl (C=O) groups is 1. The van der Waals surface area contributed by atoms with E-state index in [1.807, 2.05) is 0 Å². The molecule has 0 aromatic carbocycles. The van der Waals surface area contributed by atoms with Crippen molar-refractivity contribution in [1.29, 1.82) is 0 Å². The number of ether oxygens (including phenoxy) is 1. The molecule has 1 spiro atoms. The molecule has 3 rings (SSSR count). The molecule has 1 aliphatic heterocycles. The van der Waals surface area contributed by atoms with Crippen LogP contribution in [0.15, 0.2) is 0 Å². The first-order chi connectivity index (χ1) is 8.52. The third kappa shape index (κ3) is 1.69. The van der Waals surface area contributed by atoms with Crippen LogP contribution in [-0.2, 0) is 9.53 Å². The maximum absolute atomic E-state index is 12.5. The average Bonchev–Trinajstić information content (AvgIpc) is 3.00. The van der Waals surface area contributed by atoms with Crippen molar-refractivity contribution in [2.24, 2.45) is 5.92 Å². The highest BCUT2D eigenvalue weighted by molar-refractivity contribution is 5.91. The largest absolute Gasteiger partial charge is 0.376 e. The normalized spacial score (nSPS) is 32.1. The van der Waals surface area contributed by atoms with Crippen LogP contribution in [0.2, 0.25) is 0 Å². The van der Waals surface area contributed by atoms with Gasteiger partial charge in [-0.15, -0.1) is 0 Å². The highest BCUT2D eigenvalue weighted by Crippen LogP contribution is 2.45. The van der Waals surface area contributed by atoms with Gasteiger partial charge in [-0.3, -0.25) is 10.1 Å². The van der Waals surface area contributed by atoms with Crippen molar-refractivity contribution < 1.29 is 9.53 Å². The predicted molar refractivity (Wildman–Crippen MR) is 69.0 cm³/mol. The van der Waals surface area contributed by atoms with Gasteiger partial charge in [-0.25, -0.2) is 0 Å². The number of nitrogens with one attached hydrogen (secondary N) is 1. The van der Waals surface area contributed by atoms with Gasteiger partial charge in [-0.1, -0.05) is 13.8 Å². The summed E-state index contributed by atoms with van der Waals surface area (Å²) in [4.78, 5) is 14.6. The zero-order valence-electron chi connectivity index (χ0n) is 11.7. The molecule has 2 saturated carbocycles. The zero-order valence-corrected chi connectivity index (χ0v) is 11.7. The molecule has 1 saturated heterocycles. The number of rotatable bonds is 4. The molecule has 0 radical (unpaired) electrons. The molecule has 18 heavy (non-hydrogen) atoms. The maximum atomic E-state index is 12.5. The molecule has 4 nitrogen and oxygen atoms in total. The number of amides is 1. The van der Waals surface area contributed by atoms with Crippen LogP contribution in [-0.4, -0.2) is 41.8 Å². The average molecular weight is 252 g/mol. The van der Waals surface area contributed by atoms with Crippen molar-refractivity contribution in [1.82, 2.24) is 10.2 Å². The Balaban J connectivity index is 1.77. The summed E-state index contributed by atoms with van der Waals surface area (Å²) in [6.45, 7) is 5.12. The van der Waals surface area contributed by atoms with Crippen LogP contribution in [0.1, 0.15) is 46.0 Å². The number of nitrogens with zero attached hydrogens (tertiary/aromatic N) is 1. The fourth-order valence-electron chi connectivity index (χ4n) is 3.31. The molecule has 1 amide bonds. The standard InChI is InChI=1S/C14H24N2O2/c1-10(2)11-15-14(7-8-14)12(17)16(11)9-13(18-3)5-4-6-13/h10-11,15H,4-9H2,1-3H3. The van der Waals surface area contributed by atoms with E-state index in [0.29, 0.717) is 11.8 Å². The molecule has 0 aromatic rings. The van der Waals surface area contributed by atoms with Gasteiger partial charge in [-0.2, -0.15) is 0 Å². The molecular weight excluding hydrogens is 228 g/mol. The maximum Gasteiger partial charge on any atom is 0.244 e. The molecule has 4 heteroatoms. The summed E-state index contributed by atoms with van der Waals surface area (Å²) in [5, 5.41) is 3.56. The van der Waals surface area contributed by atoms with Gasteiger partial charge in [-0.05, 0) is 38.0 Å². The van der Waals surface area contributed by atoms with E-state index in [1.165, 1.54) is 6.42 Å². The molecule has 2 aliphatic carbocycles. The van der Waals surface area contributed by atoms with Gasteiger partial charge in [0.2, 0.25) is 5.91 Å². The monoisotopic (exact) mass is 252 g/mol. The molecule has 0 aromatic heterocycles. The summed E-state index contributed by atoms with van der Waals surface area (Å²) in [5.74, 6) is 0.757. The van der Waals surface area contributed by atoms with E-state index in [-0.39, 0.29) is 17.3 Å². The van der Waals surface area contributed by atoms with Crippen molar-refractivity contribution in [2.45, 2.75) is 63.3 Å². The lowest BCUT2D eigenvalue weighted by Crippen LogP contribution is -2.54. The van der Waals surface area contributed by atoms with Gasteiger partial charge < -0.3 is 9.64 Å². The molecule has 102 valence electrons. The van der Waals surface area contributed by atoms with Crippen LogP contribution in [0, 0.1) is 5.92 Å². The smallest absolute Gasteiger partial charge is 0.244 e. The molecule has 0 bridgehead atoms. The van der Waals surface area contributed by atoms with E-state index in [2.05, 4.69) is 24.1 Å². The second kappa shape index (κ2) is 3.94. The minimum Gasteiger partial charge on any atom is -0.376 e. The van der Waals surface area contributed by atoms with E-state index in [4.69, 9.17) is 4.74 Å². The van der Waals surface area contributed by atoms with Crippen molar-refractivity contribution >= 4 is 5.91 Å². The SMILES string of the molecule is COC1(CN2C(=O)C3(CC3)NC2C(C)C)CCC1. The van der Waals surface area contributed by atoms with Crippen LogP contribution in [0.5, 0.6) is 0 Å². The van der Waals surface area contributed by atoms with Crippen LogP contribution in [0.25, 0.3) is 0 Å². The summed E-state index contributed by atoms with van der Waals surface area (Å²) in [7, 11) is 1.78. The van der Waals surface area contributed by atoms with Gasteiger partial charge in [0.25, 0.3) is 0 Å². The van der Waals surface area contributed by atoms with Gasteiger partial charge in [0.15, 0.2) is 0 Å². The third-order valence-electron chi connectivity index (χ3n) is 4.97. The first-order valence-corrected chi connectivity index (χ1v) is 7.16. The van der Waals surface area contributed by atoms with E-state index >= 15 is 0 Å². The van der Waals surface area contributed by atoms with Gasteiger partial charge in [0, 0.05) is 7.11 Å². The van der Waals surface area contributed by atoms with Crippen LogP contribution in [0.3, 0.4) is 0 Å². The van der Waals surface area contributed by atoms with E-state index in [0.717, 1.165) is 32.2 Å². The van der Waals surface area contributed by atoms with Gasteiger partial charge in [0.1, 0.15) is 0 Å². The van der Waals surface area contributed by atoms with Crippen molar-refractivity contribution in [2.75, 3.05) is 13.7 Å². The molecule has 1 unspecified atom stereocenters. The fourth-order valence-corrected chi connectivity index (χ4v) is 3.31. The van der Waals surface area contributed by atoms with Gasteiger partial charge in [0.05, 0.1) is 23.9 Å². The molecule has 1 atom stereocenters. The van der Waals surface area contributed by atoms with Crippen LogP contribution < -0.4 is 5.32 Å². The number of methoxy groups -OCH3 is 1. The predicted octanol–water partition coefficient (Wildman–Crippen LogP) is 1.50. The molecule has 1 N–H and O–H groups in total. The second-order valence-corrected chi connectivity index (χ2v) is 6.59. The number of hydrogen-bond donors (Lipinski definition) is 1. The lowest BCUT2D eigenvalue weighted by atomic mass is 9.79. The second-order valence-electron chi connectivity index (χ2n) is 6.59. The minimum atomic E-state index is -0.201. The van der Waals surface area contributed by atoms with E-state index in [9.17, 15) is 4.79 Å².